The van der Waals surface area contributed by atoms with Crippen LogP contribution < -0.4 is 4.74 Å². The Bertz CT molecular complexity index is 306. The molecular weight excluding hydrogens is 172 g/mol. The molecule has 0 aromatic heterocycles. The summed E-state index contributed by atoms with van der Waals surface area (Å²) in [5, 5.41) is 0. The molecule has 0 aliphatic heterocycles. The summed E-state index contributed by atoms with van der Waals surface area (Å²) in [4.78, 5) is 0. The maximum absolute atomic E-state index is 6.01. The van der Waals surface area contributed by atoms with Gasteiger partial charge in [0.15, 0.2) is 0 Å². The Hall–Kier alpha value is -0.980. The first kappa shape index (κ1) is 8.34. The predicted octanol–water partition coefficient (Wildman–Crippen LogP) is 3.25. The normalized spacial score (nSPS) is 34.7. The van der Waals surface area contributed by atoms with Crippen molar-refractivity contribution in [3.8, 4) is 5.75 Å². The molecule has 0 heterocycles. The second kappa shape index (κ2) is 3.30. The fraction of sp³-hybridized carbons (Fsp3) is 0.538. The maximum Gasteiger partial charge on any atom is 0.119 e. The molecule has 1 nitrogen and oxygen atoms in total. The van der Waals surface area contributed by atoms with Gasteiger partial charge in [-0.25, -0.2) is 0 Å². The van der Waals surface area contributed by atoms with Crippen LogP contribution in [0.5, 0.6) is 5.75 Å². The third-order valence-electron chi connectivity index (χ3n) is 3.70. The summed E-state index contributed by atoms with van der Waals surface area (Å²) >= 11 is 0. The smallest absolute Gasteiger partial charge is 0.119 e. The van der Waals surface area contributed by atoms with Crippen molar-refractivity contribution in [3.05, 3.63) is 30.3 Å². The van der Waals surface area contributed by atoms with Crippen LogP contribution in [0.1, 0.15) is 25.7 Å². The van der Waals surface area contributed by atoms with Crippen LogP contribution in [-0.2, 0) is 0 Å². The highest BCUT2D eigenvalue weighted by atomic mass is 16.5. The van der Waals surface area contributed by atoms with Gasteiger partial charge < -0.3 is 4.74 Å². The molecule has 0 saturated heterocycles. The molecule has 1 aromatic carbocycles. The molecular formula is C13H16O. The molecule has 3 atom stereocenters. The summed E-state index contributed by atoms with van der Waals surface area (Å²) in [6.07, 6.45) is 6.05. The molecule has 3 rings (SSSR count). The Morgan fingerprint density at radius 1 is 1.00 bits per heavy atom. The van der Waals surface area contributed by atoms with Gasteiger partial charge in [-0.15, -0.1) is 0 Å². The zero-order valence-electron chi connectivity index (χ0n) is 8.36. The summed E-state index contributed by atoms with van der Waals surface area (Å²) < 4.78 is 6.01. The average molecular weight is 188 g/mol. The van der Waals surface area contributed by atoms with E-state index < -0.39 is 0 Å². The van der Waals surface area contributed by atoms with Crippen LogP contribution in [0.15, 0.2) is 30.3 Å². The molecule has 2 fully saturated rings. The van der Waals surface area contributed by atoms with E-state index in [9.17, 15) is 0 Å². The maximum atomic E-state index is 6.01. The van der Waals surface area contributed by atoms with Gasteiger partial charge in [0.25, 0.3) is 0 Å². The minimum absolute atomic E-state index is 0.510. The molecule has 0 N–H and O–H groups in total. The van der Waals surface area contributed by atoms with Crippen LogP contribution in [0.3, 0.4) is 0 Å². The summed E-state index contributed by atoms with van der Waals surface area (Å²) in [6, 6.07) is 10.2. The largest absolute Gasteiger partial charge is 0.490 e. The lowest BCUT2D eigenvalue weighted by molar-refractivity contribution is 0.138. The van der Waals surface area contributed by atoms with Crippen molar-refractivity contribution in [2.24, 2.45) is 11.8 Å². The van der Waals surface area contributed by atoms with E-state index in [2.05, 4.69) is 12.1 Å². The van der Waals surface area contributed by atoms with Crippen LogP contribution >= 0.6 is 0 Å². The number of hydrogen-bond donors (Lipinski definition) is 0. The third-order valence-corrected chi connectivity index (χ3v) is 3.70. The van der Waals surface area contributed by atoms with Crippen molar-refractivity contribution >= 4 is 0 Å². The lowest BCUT2D eigenvalue weighted by Gasteiger charge is -2.22. The first-order chi connectivity index (χ1) is 6.92. The van der Waals surface area contributed by atoms with Gasteiger partial charge in [0.05, 0.1) is 0 Å². The Kier molecular flexibility index (Phi) is 1.97. The van der Waals surface area contributed by atoms with Gasteiger partial charge >= 0.3 is 0 Å². The molecule has 2 aliphatic carbocycles. The monoisotopic (exact) mass is 188 g/mol. The van der Waals surface area contributed by atoms with Gasteiger partial charge in [0, 0.05) is 0 Å². The average Bonchev–Trinajstić information content (AvgIpc) is 2.81. The first-order valence-electron chi connectivity index (χ1n) is 5.63. The molecule has 2 aliphatic rings. The summed E-state index contributed by atoms with van der Waals surface area (Å²) in [6.45, 7) is 0. The Labute approximate surface area is 85.1 Å². The molecule has 1 heteroatoms. The fourth-order valence-electron chi connectivity index (χ4n) is 3.00. The van der Waals surface area contributed by atoms with E-state index in [1.165, 1.54) is 25.7 Å². The summed E-state index contributed by atoms with van der Waals surface area (Å²) in [5.74, 6) is 2.86. The van der Waals surface area contributed by atoms with Crippen molar-refractivity contribution < 1.29 is 4.74 Å². The van der Waals surface area contributed by atoms with Crippen molar-refractivity contribution in [3.63, 3.8) is 0 Å². The van der Waals surface area contributed by atoms with Gasteiger partial charge in [-0.3, -0.25) is 0 Å². The van der Waals surface area contributed by atoms with Gasteiger partial charge in [0.1, 0.15) is 11.9 Å². The zero-order chi connectivity index (χ0) is 9.38. The molecule has 14 heavy (non-hydrogen) atoms. The summed E-state index contributed by atoms with van der Waals surface area (Å²) in [5.41, 5.74) is 0. The minimum Gasteiger partial charge on any atom is -0.490 e. The number of benzene rings is 1. The van der Waals surface area contributed by atoms with Gasteiger partial charge in [-0.05, 0) is 49.7 Å². The molecule has 2 saturated carbocycles. The van der Waals surface area contributed by atoms with E-state index >= 15 is 0 Å². The van der Waals surface area contributed by atoms with Crippen LogP contribution in [0, 0.1) is 11.8 Å². The van der Waals surface area contributed by atoms with Gasteiger partial charge in [-0.2, -0.15) is 0 Å². The Balaban J connectivity index is 1.69. The van der Waals surface area contributed by atoms with Crippen LogP contribution in [0.4, 0.5) is 0 Å². The van der Waals surface area contributed by atoms with Crippen molar-refractivity contribution in [1.29, 1.82) is 0 Å². The highest BCUT2D eigenvalue weighted by Crippen LogP contribution is 2.45. The standard InChI is InChI=1S/C13H16O/c1-2-4-12(5-3-1)14-13-9-10-6-7-11(13)8-10/h1-5,10-11,13H,6-9H2. The van der Waals surface area contributed by atoms with Crippen LogP contribution in [0.25, 0.3) is 0 Å². The molecule has 0 spiro atoms. The van der Waals surface area contributed by atoms with Crippen molar-refractivity contribution in [2.75, 3.05) is 0 Å². The van der Waals surface area contributed by atoms with Crippen LogP contribution in [-0.4, -0.2) is 6.10 Å². The van der Waals surface area contributed by atoms with Crippen LogP contribution in [0.2, 0.25) is 0 Å². The summed E-state index contributed by atoms with van der Waals surface area (Å²) in [7, 11) is 0. The highest BCUT2D eigenvalue weighted by molar-refractivity contribution is 5.21. The molecule has 1 aromatic rings. The first-order valence-corrected chi connectivity index (χ1v) is 5.63. The number of para-hydroxylation sites is 1. The quantitative estimate of drug-likeness (QED) is 0.692. The second-order valence-electron chi connectivity index (χ2n) is 4.64. The SMILES string of the molecule is c1ccc(OC2CC3CCC2C3)cc1. The van der Waals surface area contributed by atoms with Crippen molar-refractivity contribution in [1.82, 2.24) is 0 Å². The fourth-order valence-corrected chi connectivity index (χ4v) is 3.00. The Morgan fingerprint density at radius 3 is 2.50 bits per heavy atom. The number of rotatable bonds is 2. The van der Waals surface area contributed by atoms with E-state index in [0.29, 0.717) is 6.10 Å². The van der Waals surface area contributed by atoms with E-state index in [1.807, 2.05) is 18.2 Å². The predicted molar refractivity (Wildman–Crippen MR) is 56.3 cm³/mol. The van der Waals surface area contributed by atoms with Gasteiger partial charge in [0.2, 0.25) is 0 Å². The van der Waals surface area contributed by atoms with Gasteiger partial charge in [-0.1, -0.05) is 18.2 Å². The molecule has 74 valence electrons. The second-order valence-corrected chi connectivity index (χ2v) is 4.64. The number of hydrogen-bond acceptors (Lipinski definition) is 1. The van der Waals surface area contributed by atoms with E-state index in [4.69, 9.17) is 4.74 Å². The number of fused-ring (bicyclic) bond motifs is 2. The lowest BCUT2D eigenvalue weighted by Crippen LogP contribution is -2.23. The molecule has 0 radical (unpaired) electrons. The number of ether oxygens (including phenoxy) is 1. The topological polar surface area (TPSA) is 9.23 Å². The zero-order valence-corrected chi connectivity index (χ0v) is 8.36. The van der Waals surface area contributed by atoms with E-state index in [0.717, 1.165) is 17.6 Å². The highest BCUT2D eigenvalue weighted by Gasteiger charge is 2.40. The third kappa shape index (κ3) is 1.41. The minimum atomic E-state index is 0.510. The molecule has 0 amide bonds. The molecule has 3 unspecified atom stereocenters. The Morgan fingerprint density at radius 2 is 1.86 bits per heavy atom. The molecule has 2 bridgehead atoms. The lowest BCUT2D eigenvalue weighted by atomic mass is 9.98. The van der Waals surface area contributed by atoms with E-state index in [-0.39, 0.29) is 0 Å². The van der Waals surface area contributed by atoms with E-state index in [1.54, 1.807) is 0 Å². The van der Waals surface area contributed by atoms with Crippen molar-refractivity contribution in [2.45, 2.75) is 31.8 Å².